The summed E-state index contributed by atoms with van der Waals surface area (Å²) in [5, 5.41) is 4.64. The molecule has 0 unspecified atom stereocenters. The Morgan fingerprint density at radius 3 is 2.21 bits per heavy atom. The fourth-order valence-corrected chi connectivity index (χ4v) is 5.41. The van der Waals surface area contributed by atoms with Crippen LogP contribution in [-0.4, -0.2) is 46.9 Å². The lowest BCUT2D eigenvalue weighted by atomic mass is 9.98. The summed E-state index contributed by atoms with van der Waals surface area (Å²) in [6, 6.07) is 19.6. The molecule has 178 valence electrons. The smallest absolute Gasteiger partial charge is 0.279 e. The average Bonchev–Trinajstić information content (AvgIpc) is 3.30. The van der Waals surface area contributed by atoms with E-state index < -0.39 is 16.1 Å². The standard InChI is InChI=1S/C26H29N3O4S/c1-18-6-13-22(14-7-18)34(30,31)29-25(23-15-12-21(32-4)16-26(23)33-5)17-24(27-29)19-8-10-20(11-9-19)28(2)3/h6-16,25H,17H2,1-5H3/t25-/m1/s1. The van der Waals surface area contributed by atoms with Gasteiger partial charge in [-0.05, 0) is 48.9 Å². The fraction of sp³-hybridized carbons (Fsp3) is 0.269. The zero-order valence-corrected chi connectivity index (χ0v) is 20.8. The van der Waals surface area contributed by atoms with E-state index in [2.05, 4.69) is 5.10 Å². The van der Waals surface area contributed by atoms with Gasteiger partial charge in [0, 0.05) is 37.8 Å². The zero-order valence-electron chi connectivity index (χ0n) is 20.0. The summed E-state index contributed by atoms with van der Waals surface area (Å²) in [6.45, 7) is 1.92. The minimum absolute atomic E-state index is 0.198. The Balaban J connectivity index is 1.81. The molecular weight excluding hydrogens is 450 g/mol. The van der Waals surface area contributed by atoms with Gasteiger partial charge in [-0.15, -0.1) is 0 Å². The van der Waals surface area contributed by atoms with Crippen molar-refractivity contribution in [3.05, 3.63) is 83.4 Å². The number of methoxy groups -OCH3 is 2. The maximum Gasteiger partial charge on any atom is 0.279 e. The third-order valence-corrected chi connectivity index (χ3v) is 7.65. The molecule has 3 aromatic carbocycles. The van der Waals surface area contributed by atoms with Crippen LogP contribution in [0.3, 0.4) is 0 Å². The molecule has 0 bridgehead atoms. The minimum Gasteiger partial charge on any atom is -0.497 e. The molecule has 0 N–H and O–H groups in total. The monoisotopic (exact) mass is 479 g/mol. The van der Waals surface area contributed by atoms with E-state index in [1.165, 1.54) is 4.41 Å². The number of rotatable bonds is 7. The third kappa shape index (κ3) is 4.46. The Labute approximate surface area is 201 Å². The molecule has 0 fully saturated rings. The number of benzene rings is 3. The van der Waals surface area contributed by atoms with Crippen LogP contribution < -0.4 is 14.4 Å². The van der Waals surface area contributed by atoms with E-state index in [1.807, 2.05) is 56.3 Å². The van der Waals surface area contributed by atoms with Crippen molar-refractivity contribution in [1.29, 1.82) is 0 Å². The SMILES string of the molecule is COc1ccc([C@H]2CC(c3ccc(N(C)C)cc3)=NN2S(=O)(=O)c2ccc(C)cc2)c(OC)c1. The third-order valence-electron chi connectivity index (χ3n) is 5.95. The van der Waals surface area contributed by atoms with Gasteiger partial charge in [0.1, 0.15) is 11.5 Å². The number of sulfonamides is 1. The van der Waals surface area contributed by atoms with Crippen LogP contribution in [0.4, 0.5) is 5.69 Å². The normalized spacial score (nSPS) is 15.7. The molecule has 34 heavy (non-hydrogen) atoms. The molecular formula is C26H29N3O4S. The highest BCUT2D eigenvalue weighted by Gasteiger charge is 2.39. The first-order valence-corrected chi connectivity index (χ1v) is 12.4. The molecule has 0 amide bonds. The van der Waals surface area contributed by atoms with E-state index >= 15 is 0 Å². The van der Waals surface area contributed by atoms with Gasteiger partial charge in [0.15, 0.2) is 0 Å². The van der Waals surface area contributed by atoms with E-state index in [9.17, 15) is 8.42 Å². The van der Waals surface area contributed by atoms with Gasteiger partial charge in [-0.2, -0.15) is 17.9 Å². The second-order valence-electron chi connectivity index (χ2n) is 8.41. The van der Waals surface area contributed by atoms with Gasteiger partial charge in [0.25, 0.3) is 10.0 Å². The summed E-state index contributed by atoms with van der Waals surface area (Å²) in [5.74, 6) is 1.18. The number of hydrazone groups is 1. The van der Waals surface area contributed by atoms with Gasteiger partial charge in [-0.3, -0.25) is 0 Å². The molecule has 7 nitrogen and oxygen atoms in total. The molecule has 1 heterocycles. The summed E-state index contributed by atoms with van der Waals surface area (Å²) in [4.78, 5) is 2.21. The lowest BCUT2D eigenvalue weighted by molar-refractivity contribution is 0.347. The molecule has 0 aliphatic carbocycles. The van der Waals surface area contributed by atoms with Crippen molar-refractivity contribution in [2.75, 3.05) is 33.2 Å². The van der Waals surface area contributed by atoms with E-state index in [0.29, 0.717) is 23.6 Å². The van der Waals surface area contributed by atoms with Gasteiger partial charge in [-0.25, -0.2) is 0 Å². The molecule has 0 saturated heterocycles. The van der Waals surface area contributed by atoms with Crippen molar-refractivity contribution < 1.29 is 17.9 Å². The maximum absolute atomic E-state index is 13.7. The van der Waals surface area contributed by atoms with Gasteiger partial charge in [0.2, 0.25) is 0 Å². The zero-order chi connectivity index (χ0) is 24.5. The first kappa shape index (κ1) is 23.6. The van der Waals surface area contributed by atoms with Gasteiger partial charge in [-0.1, -0.05) is 29.8 Å². The summed E-state index contributed by atoms with van der Waals surface area (Å²) >= 11 is 0. The van der Waals surface area contributed by atoms with Crippen molar-refractivity contribution in [3.63, 3.8) is 0 Å². The lowest BCUT2D eigenvalue weighted by Crippen LogP contribution is -2.27. The highest BCUT2D eigenvalue weighted by molar-refractivity contribution is 7.89. The molecule has 8 heteroatoms. The number of hydrogen-bond donors (Lipinski definition) is 0. The summed E-state index contributed by atoms with van der Waals surface area (Å²) in [6.07, 6.45) is 0.412. The topological polar surface area (TPSA) is 71.4 Å². The van der Waals surface area contributed by atoms with Crippen LogP contribution in [0.1, 0.15) is 29.2 Å². The summed E-state index contributed by atoms with van der Waals surface area (Å²) < 4.78 is 39.6. The molecule has 0 radical (unpaired) electrons. The Morgan fingerprint density at radius 1 is 0.941 bits per heavy atom. The molecule has 3 aromatic rings. The lowest BCUT2D eigenvalue weighted by Gasteiger charge is -2.25. The van der Waals surface area contributed by atoms with Gasteiger partial charge in [0.05, 0.1) is 30.9 Å². The van der Waals surface area contributed by atoms with Crippen molar-refractivity contribution >= 4 is 21.4 Å². The maximum atomic E-state index is 13.7. The Morgan fingerprint density at radius 2 is 1.62 bits per heavy atom. The fourth-order valence-electron chi connectivity index (χ4n) is 3.98. The molecule has 1 atom stereocenters. The number of aryl methyl sites for hydroxylation is 1. The van der Waals surface area contributed by atoms with Crippen LogP contribution in [0, 0.1) is 6.92 Å². The van der Waals surface area contributed by atoms with Crippen LogP contribution in [0.15, 0.2) is 76.7 Å². The summed E-state index contributed by atoms with van der Waals surface area (Å²) in [7, 11) is 3.19. The van der Waals surface area contributed by atoms with E-state index in [0.717, 1.165) is 22.4 Å². The highest BCUT2D eigenvalue weighted by atomic mass is 32.2. The number of ether oxygens (including phenoxy) is 2. The first-order valence-electron chi connectivity index (χ1n) is 10.9. The second kappa shape index (κ2) is 9.38. The Kier molecular flexibility index (Phi) is 6.52. The van der Waals surface area contributed by atoms with Crippen molar-refractivity contribution in [2.24, 2.45) is 5.10 Å². The van der Waals surface area contributed by atoms with Crippen molar-refractivity contribution in [2.45, 2.75) is 24.3 Å². The quantitative estimate of drug-likeness (QED) is 0.495. The minimum atomic E-state index is -3.91. The van der Waals surface area contributed by atoms with Gasteiger partial charge >= 0.3 is 0 Å². The van der Waals surface area contributed by atoms with E-state index in [-0.39, 0.29) is 4.90 Å². The Hall–Kier alpha value is -3.52. The second-order valence-corrected chi connectivity index (χ2v) is 10.2. The summed E-state index contributed by atoms with van der Waals surface area (Å²) in [5.41, 5.74) is 4.34. The molecule has 0 spiro atoms. The highest BCUT2D eigenvalue weighted by Crippen LogP contribution is 2.42. The largest absolute Gasteiger partial charge is 0.497 e. The van der Waals surface area contributed by atoms with Crippen LogP contribution in [0.25, 0.3) is 0 Å². The van der Waals surface area contributed by atoms with Crippen molar-refractivity contribution in [1.82, 2.24) is 4.41 Å². The number of hydrogen-bond acceptors (Lipinski definition) is 6. The number of anilines is 1. The molecule has 1 aliphatic rings. The van der Waals surface area contributed by atoms with Crippen molar-refractivity contribution in [3.8, 4) is 11.5 Å². The predicted molar refractivity (Wildman–Crippen MR) is 134 cm³/mol. The Bertz CT molecular complexity index is 1300. The van der Waals surface area contributed by atoms with Crippen LogP contribution in [0.2, 0.25) is 0 Å². The molecule has 4 rings (SSSR count). The van der Waals surface area contributed by atoms with Crippen LogP contribution in [-0.2, 0) is 10.0 Å². The van der Waals surface area contributed by atoms with Gasteiger partial charge < -0.3 is 14.4 Å². The molecule has 0 saturated carbocycles. The van der Waals surface area contributed by atoms with E-state index in [4.69, 9.17) is 9.47 Å². The van der Waals surface area contributed by atoms with Crippen LogP contribution >= 0.6 is 0 Å². The van der Waals surface area contributed by atoms with Crippen LogP contribution in [0.5, 0.6) is 11.5 Å². The number of nitrogens with zero attached hydrogens (tertiary/aromatic N) is 3. The average molecular weight is 480 g/mol. The molecule has 0 aromatic heterocycles. The predicted octanol–water partition coefficient (Wildman–Crippen LogP) is 4.62. The van der Waals surface area contributed by atoms with E-state index in [1.54, 1.807) is 50.6 Å². The first-order chi connectivity index (χ1) is 16.2. The molecule has 1 aliphatic heterocycles.